The SMILES string of the molecule is CCC1CN(S(=O)(=O)CC(N)=S)CCS1. The molecule has 1 fully saturated rings. The molecule has 0 radical (unpaired) electrons. The average molecular weight is 268 g/mol. The van der Waals surface area contributed by atoms with Crippen molar-refractivity contribution >= 4 is 39.0 Å². The van der Waals surface area contributed by atoms with Crippen molar-refractivity contribution in [2.45, 2.75) is 18.6 Å². The maximum atomic E-state index is 11.8. The number of thiocarbonyl (C=S) groups is 1. The van der Waals surface area contributed by atoms with Crippen molar-refractivity contribution in [2.75, 3.05) is 24.6 Å². The van der Waals surface area contributed by atoms with E-state index in [9.17, 15) is 8.42 Å². The van der Waals surface area contributed by atoms with Crippen LogP contribution in [0.4, 0.5) is 0 Å². The lowest BCUT2D eigenvalue weighted by Gasteiger charge is -2.30. The Morgan fingerprint density at radius 2 is 2.33 bits per heavy atom. The van der Waals surface area contributed by atoms with Crippen LogP contribution in [-0.2, 0) is 10.0 Å². The molecule has 7 heteroatoms. The van der Waals surface area contributed by atoms with Crippen LogP contribution in [0.25, 0.3) is 0 Å². The minimum atomic E-state index is -3.27. The number of hydrogen-bond acceptors (Lipinski definition) is 4. The van der Waals surface area contributed by atoms with Gasteiger partial charge < -0.3 is 5.73 Å². The first kappa shape index (κ1) is 13.2. The highest BCUT2D eigenvalue weighted by Gasteiger charge is 2.28. The molecule has 0 aromatic rings. The fourth-order valence-corrected chi connectivity index (χ4v) is 4.62. The summed E-state index contributed by atoms with van der Waals surface area (Å²) < 4.78 is 25.1. The third kappa shape index (κ3) is 3.90. The number of nitrogens with two attached hydrogens (primary N) is 1. The van der Waals surface area contributed by atoms with Crippen molar-refractivity contribution < 1.29 is 8.42 Å². The Bertz CT molecular complexity index is 329. The van der Waals surface area contributed by atoms with Crippen LogP contribution in [0, 0.1) is 0 Å². The second kappa shape index (κ2) is 5.47. The van der Waals surface area contributed by atoms with Crippen LogP contribution in [0.1, 0.15) is 13.3 Å². The Morgan fingerprint density at radius 1 is 1.67 bits per heavy atom. The molecule has 15 heavy (non-hydrogen) atoms. The molecule has 1 heterocycles. The first-order valence-electron chi connectivity index (χ1n) is 4.83. The molecule has 2 N–H and O–H groups in total. The van der Waals surface area contributed by atoms with Crippen molar-refractivity contribution in [3.63, 3.8) is 0 Å². The number of nitrogens with zero attached hydrogens (tertiary/aromatic N) is 1. The van der Waals surface area contributed by atoms with Gasteiger partial charge in [0.05, 0.1) is 4.99 Å². The Morgan fingerprint density at radius 3 is 2.87 bits per heavy atom. The number of sulfonamides is 1. The van der Waals surface area contributed by atoms with Crippen LogP contribution in [0.5, 0.6) is 0 Å². The number of hydrogen-bond donors (Lipinski definition) is 1. The van der Waals surface area contributed by atoms with Crippen molar-refractivity contribution in [1.82, 2.24) is 4.31 Å². The molecule has 0 aliphatic carbocycles. The molecule has 88 valence electrons. The molecule has 0 bridgehead atoms. The quantitative estimate of drug-likeness (QED) is 0.749. The fourth-order valence-electron chi connectivity index (χ4n) is 1.46. The molecular formula is C8H16N2O2S3. The third-order valence-electron chi connectivity index (χ3n) is 2.27. The molecule has 0 aromatic carbocycles. The van der Waals surface area contributed by atoms with Gasteiger partial charge in [0, 0.05) is 24.1 Å². The Hall–Kier alpha value is 0.150. The summed E-state index contributed by atoms with van der Waals surface area (Å²) in [6, 6.07) is 0. The highest BCUT2D eigenvalue weighted by atomic mass is 32.2. The van der Waals surface area contributed by atoms with E-state index in [4.69, 9.17) is 5.73 Å². The van der Waals surface area contributed by atoms with Crippen LogP contribution in [0.15, 0.2) is 0 Å². The van der Waals surface area contributed by atoms with E-state index in [1.54, 1.807) is 0 Å². The highest BCUT2D eigenvalue weighted by Crippen LogP contribution is 2.23. The second-order valence-corrected chi connectivity index (χ2v) is 7.38. The summed E-state index contributed by atoms with van der Waals surface area (Å²) in [4.78, 5) is 0.0428. The molecule has 1 aliphatic heterocycles. The first-order chi connectivity index (χ1) is 6.95. The van der Waals surface area contributed by atoms with Crippen LogP contribution in [0.2, 0.25) is 0 Å². The van der Waals surface area contributed by atoms with Gasteiger partial charge in [-0.25, -0.2) is 8.42 Å². The zero-order valence-electron chi connectivity index (χ0n) is 8.68. The van der Waals surface area contributed by atoms with Gasteiger partial charge in [0.15, 0.2) is 0 Å². The molecule has 0 saturated carbocycles. The molecule has 1 aliphatic rings. The Balaban J connectivity index is 2.66. The normalized spacial score (nSPS) is 23.9. The maximum Gasteiger partial charge on any atom is 0.220 e. The predicted octanol–water partition coefficient (Wildman–Crippen LogP) is 0.430. The van der Waals surface area contributed by atoms with E-state index in [2.05, 4.69) is 19.1 Å². The van der Waals surface area contributed by atoms with E-state index in [0.717, 1.165) is 12.2 Å². The Labute approximate surface area is 101 Å². The molecule has 0 spiro atoms. The lowest BCUT2D eigenvalue weighted by atomic mass is 10.3. The highest BCUT2D eigenvalue weighted by molar-refractivity contribution is 8.00. The van der Waals surface area contributed by atoms with Gasteiger partial charge in [-0.3, -0.25) is 0 Å². The lowest BCUT2D eigenvalue weighted by Crippen LogP contribution is -2.44. The largest absolute Gasteiger partial charge is 0.392 e. The summed E-state index contributed by atoms with van der Waals surface area (Å²) >= 11 is 6.47. The lowest BCUT2D eigenvalue weighted by molar-refractivity contribution is 0.418. The number of thioether (sulfide) groups is 1. The number of rotatable bonds is 4. The minimum absolute atomic E-state index is 0.0428. The molecule has 4 nitrogen and oxygen atoms in total. The molecular weight excluding hydrogens is 252 g/mol. The minimum Gasteiger partial charge on any atom is -0.392 e. The maximum absolute atomic E-state index is 11.8. The van der Waals surface area contributed by atoms with Crippen molar-refractivity contribution in [3.8, 4) is 0 Å². The van der Waals surface area contributed by atoms with Crippen LogP contribution < -0.4 is 5.73 Å². The molecule has 1 saturated heterocycles. The molecule has 1 rings (SSSR count). The third-order valence-corrected chi connectivity index (χ3v) is 5.77. The van der Waals surface area contributed by atoms with Crippen LogP contribution in [0.3, 0.4) is 0 Å². The van der Waals surface area contributed by atoms with E-state index < -0.39 is 10.0 Å². The predicted molar refractivity (Wildman–Crippen MR) is 68.7 cm³/mol. The average Bonchev–Trinajstić information content (AvgIpc) is 2.16. The summed E-state index contributed by atoms with van der Waals surface area (Å²) in [5, 5.41) is 0.403. The summed E-state index contributed by atoms with van der Waals surface area (Å²) in [5.41, 5.74) is 5.27. The fraction of sp³-hybridized carbons (Fsp3) is 0.875. The van der Waals surface area contributed by atoms with Crippen molar-refractivity contribution in [1.29, 1.82) is 0 Å². The van der Waals surface area contributed by atoms with E-state index in [-0.39, 0.29) is 10.7 Å². The monoisotopic (exact) mass is 268 g/mol. The van der Waals surface area contributed by atoms with Crippen molar-refractivity contribution in [2.24, 2.45) is 5.73 Å². The van der Waals surface area contributed by atoms with E-state index in [1.807, 2.05) is 11.8 Å². The van der Waals surface area contributed by atoms with Gasteiger partial charge in [-0.05, 0) is 6.42 Å². The van der Waals surface area contributed by atoms with E-state index in [1.165, 1.54) is 4.31 Å². The first-order valence-corrected chi connectivity index (χ1v) is 7.90. The van der Waals surface area contributed by atoms with Gasteiger partial charge >= 0.3 is 0 Å². The van der Waals surface area contributed by atoms with E-state index >= 15 is 0 Å². The van der Waals surface area contributed by atoms with Gasteiger partial charge in [0.25, 0.3) is 0 Å². The zero-order valence-corrected chi connectivity index (χ0v) is 11.1. The van der Waals surface area contributed by atoms with Gasteiger partial charge in [-0.2, -0.15) is 16.1 Å². The van der Waals surface area contributed by atoms with Gasteiger partial charge in [-0.15, -0.1) is 0 Å². The van der Waals surface area contributed by atoms with Crippen LogP contribution >= 0.6 is 24.0 Å². The topological polar surface area (TPSA) is 63.4 Å². The van der Waals surface area contributed by atoms with Gasteiger partial charge in [-0.1, -0.05) is 19.1 Å². The van der Waals surface area contributed by atoms with E-state index in [0.29, 0.717) is 18.3 Å². The van der Waals surface area contributed by atoms with Crippen molar-refractivity contribution in [3.05, 3.63) is 0 Å². The molecule has 0 aromatic heterocycles. The molecule has 0 amide bonds. The Kier molecular flexibility index (Phi) is 4.82. The second-order valence-electron chi connectivity index (χ2n) is 3.48. The van der Waals surface area contributed by atoms with Gasteiger partial charge in [0.2, 0.25) is 10.0 Å². The summed E-state index contributed by atoms with van der Waals surface area (Å²) in [7, 11) is -3.27. The van der Waals surface area contributed by atoms with Gasteiger partial charge in [0.1, 0.15) is 5.75 Å². The summed E-state index contributed by atoms with van der Waals surface area (Å²) in [6.07, 6.45) is 0.990. The molecule has 1 atom stereocenters. The standard InChI is InChI=1S/C8H16N2O2S3/c1-2-7-5-10(3-4-14-7)15(11,12)6-8(9)13/h7H,2-6H2,1H3,(H2,9,13). The smallest absolute Gasteiger partial charge is 0.220 e. The zero-order chi connectivity index (χ0) is 11.5. The summed E-state index contributed by atoms with van der Waals surface area (Å²) in [5.74, 6) is 0.651. The summed E-state index contributed by atoms with van der Waals surface area (Å²) in [6.45, 7) is 3.24. The molecule has 1 unspecified atom stereocenters. The van der Waals surface area contributed by atoms with Crippen LogP contribution in [-0.4, -0.2) is 47.6 Å².